The summed E-state index contributed by atoms with van der Waals surface area (Å²) in [7, 11) is 1.76. The van der Waals surface area contributed by atoms with Crippen molar-refractivity contribution in [3.05, 3.63) is 46.3 Å². The smallest absolute Gasteiger partial charge is 0.257 e. The van der Waals surface area contributed by atoms with Crippen molar-refractivity contribution in [1.82, 2.24) is 9.88 Å². The maximum absolute atomic E-state index is 12.1. The normalized spacial score (nSPS) is 10.2. The Morgan fingerprint density at radius 1 is 1.47 bits per heavy atom. The van der Waals surface area contributed by atoms with E-state index in [1.807, 2.05) is 17.5 Å². The number of hydrogen-bond acceptors (Lipinski definition) is 4. The fourth-order valence-corrected chi connectivity index (χ4v) is 2.27. The average Bonchev–Trinajstić information content (AvgIpc) is 2.81. The molecule has 4 nitrogen and oxygen atoms in total. The van der Waals surface area contributed by atoms with Gasteiger partial charge in [0.2, 0.25) is 0 Å². The topological polar surface area (TPSA) is 59.2 Å². The van der Waals surface area contributed by atoms with E-state index in [2.05, 4.69) is 4.98 Å². The highest BCUT2D eigenvalue weighted by Gasteiger charge is 2.15. The summed E-state index contributed by atoms with van der Waals surface area (Å²) < 4.78 is 0. The number of nitrogens with two attached hydrogens (primary N) is 1. The van der Waals surface area contributed by atoms with E-state index >= 15 is 0 Å². The van der Waals surface area contributed by atoms with Crippen molar-refractivity contribution >= 4 is 23.1 Å². The Bertz CT molecular complexity index is 510. The maximum Gasteiger partial charge on any atom is 0.257 e. The molecule has 2 heterocycles. The van der Waals surface area contributed by atoms with Gasteiger partial charge in [0, 0.05) is 18.1 Å². The highest BCUT2D eigenvalue weighted by atomic mass is 32.1. The minimum atomic E-state index is -0.107. The quantitative estimate of drug-likeness (QED) is 0.902. The number of amides is 1. The number of aromatic nitrogens is 1. The van der Waals surface area contributed by atoms with Crippen molar-refractivity contribution in [2.24, 2.45) is 0 Å². The first-order valence-corrected chi connectivity index (χ1v) is 6.05. The fourth-order valence-electron chi connectivity index (χ4n) is 1.51. The van der Waals surface area contributed by atoms with Crippen LogP contribution in [0.5, 0.6) is 0 Å². The predicted octanol–water partition coefficient (Wildman–Crippen LogP) is 2.00. The Balaban J connectivity index is 2.13. The number of carbonyl (C=O) groups excluding carboxylic acids is 1. The third-order valence-electron chi connectivity index (χ3n) is 2.39. The number of anilines is 1. The first kappa shape index (κ1) is 11.6. The van der Waals surface area contributed by atoms with Gasteiger partial charge in [0.05, 0.1) is 12.1 Å². The Labute approximate surface area is 104 Å². The summed E-state index contributed by atoms with van der Waals surface area (Å²) in [5.74, 6) is 0.166. The third-order valence-corrected chi connectivity index (χ3v) is 3.25. The van der Waals surface area contributed by atoms with Gasteiger partial charge in [0.1, 0.15) is 5.82 Å². The second-order valence-corrected chi connectivity index (χ2v) is 4.71. The molecule has 0 atom stereocenters. The van der Waals surface area contributed by atoms with Crippen molar-refractivity contribution in [3.63, 3.8) is 0 Å². The first-order chi connectivity index (χ1) is 8.18. The number of nitrogens with zero attached hydrogens (tertiary/aromatic N) is 2. The molecule has 1 amide bonds. The molecule has 5 heteroatoms. The zero-order valence-electron chi connectivity index (χ0n) is 9.46. The van der Waals surface area contributed by atoms with E-state index in [0.717, 1.165) is 4.88 Å². The summed E-state index contributed by atoms with van der Waals surface area (Å²) in [6.07, 6.45) is 1.57. The highest BCUT2D eigenvalue weighted by molar-refractivity contribution is 7.09. The van der Waals surface area contributed by atoms with Gasteiger partial charge in [-0.2, -0.15) is 0 Å². The standard InChI is InChI=1S/C12H13N3OS/c1-15(8-9-4-3-7-17-9)12(16)10-5-2-6-14-11(10)13/h2-7H,8H2,1H3,(H2,13,14). The predicted molar refractivity (Wildman–Crippen MR) is 68.8 cm³/mol. The van der Waals surface area contributed by atoms with Crippen LogP contribution in [0.15, 0.2) is 35.8 Å². The van der Waals surface area contributed by atoms with Crippen LogP contribution in [0.4, 0.5) is 5.82 Å². The number of nitrogen functional groups attached to an aromatic ring is 1. The molecule has 2 aromatic heterocycles. The SMILES string of the molecule is CN(Cc1cccs1)C(=O)c1cccnc1N. The monoisotopic (exact) mass is 247 g/mol. The summed E-state index contributed by atoms with van der Waals surface area (Å²) in [4.78, 5) is 18.8. The minimum absolute atomic E-state index is 0.107. The largest absolute Gasteiger partial charge is 0.383 e. The van der Waals surface area contributed by atoms with Crippen LogP contribution in [0.25, 0.3) is 0 Å². The van der Waals surface area contributed by atoms with Crippen LogP contribution in [-0.2, 0) is 6.54 Å². The number of thiophene rings is 1. The third kappa shape index (κ3) is 2.62. The molecule has 0 bridgehead atoms. The van der Waals surface area contributed by atoms with Gasteiger partial charge in [0.15, 0.2) is 0 Å². The van der Waals surface area contributed by atoms with Gasteiger partial charge in [-0.25, -0.2) is 4.98 Å². The van der Waals surface area contributed by atoms with Crippen LogP contribution in [0, 0.1) is 0 Å². The van der Waals surface area contributed by atoms with Gasteiger partial charge in [-0.3, -0.25) is 4.79 Å². The fraction of sp³-hybridized carbons (Fsp3) is 0.167. The van der Waals surface area contributed by atoms with Gasteiger partial charge >= 0.3 is 0 Å². The summed E-state index contributed by atoms with van der Waals surface area (Å²) in [5, 5.41) is 1.99. The molecule has 0 saturated carbocycles. The molecule has 0 aromatic carbocycles. The summed E-state index contributed by atoms with van der Waals surface area (Å²) >= 11 is 1.63. The lowest BCUT2D eigenvalue weighted by Crippen LogP contribution is -2.26. The molecule has 0 saturated heterocycles. The van der Waals surface area contributed by atoms with Crippen LogP contribution in [0.2, 0.25) is 0 Å². The molecular weight excluding hydrogens is 234 g/mol. The van der Waals surface area contributed by atoms with E-state index in [1.165, 1.54) is 0 Å². The van der Waals surface area contributed by atoms with Crippen molar-refractivity contribution in [1.29, 1.82) is 0 Å². The number of carbonyl (C=O) groups is 1. The molecule has 2 rings (SSSR count). The van der Waals surface area contributed by atoms with Crippen LogP contribution in [0.1, 0.15) is 15.2 Å². The van der Waals surface area contributed by atoms with E-state index < -0.39 is 0 Å². The Hall–Kier alpha value is -1.88. The molecule has 88 valence electrons. The molecule has 2 N–H and O–H groups in total. The van der Waals surface area contributed by atoms with Crippen molar-refractivity contribution < 1.29 is 4.79 Å². The molecule has 2 aromatic rings. The molecule has 0 spiro atoms. The Morgan fingerprint density at radius 3 is 2.94 bits per heavy atom. The van der Waals surface area contributed by atoms with E-state index in [-0.39, 0.29) is 11.7 Å². The van der Waals surface area contributed by atoms with Gasteiger partial charge in [-0.05, 0) is 23.6 Å². The second kappa shape index (κ2) is 4.97. The lowest BCUT2D eigenvalue weighted by molar-refractivity contribution is 0.0787. The molecule has 0 aliphatic heterocycles. The van der Waals surface area contributed by atoms with Crippen molar-refractivity contribution in [2.45, 2.75) is 6.54 Å². The Morgan fingerprint density at radius 2 is 2.29 bits per heavy atom. The summed E-state index contributed by atoms with van der Waals surface area (Å²) in [5.41, 5.74) is 6.13. The van der Waals surface area contributed by atoms with Gasteiger partial charge in [0.25, 0.3) is 5.91 Å². The summed E-state index contributed by atoms with van der Waals surface area (Å²) in [6, 6.07) is 7.37. The van der Waals surface area contributed by atoms with E-state index in [1.54, 1.807) is 41.6 Å². The second-order valence-electron chi connectivity index (χ2n) is 3.68. The van der Waals surface area contributed by atoms with Crippen LogP contribution in [-0.4, -0.2) is 22.8 Å². The molecule has 17 heavy (non-hydrogen) atoms. The molecule has 0 aliphatic carbocycles. The molecule has 0 radical (unpaired) electrons. The van der Waals surface area contributed by atoms with Crippen molar-refractivity contribution in [2.75, 3.05) is 12.8 Å². The van der Waals surface area contributed by atoms with E-state index in [4.69, 9.17) is 5.73 Å². The maximum atomic E-state index is 12.1. The lowest BCUT2D eigenvalue weighted by atomic mass is 10.2. The van der Waals surface area contributed by atoms with Gasteiger partial charge < -0.3 is 10.6 Å². The number of rotatable bonds is 3. The van der Waals surface area contributed by atoms with Gasteiger partial charge in [-0.1, -0.05) is 6.07 Å². The van der Waals surface area contributed by atoms with E-state index in [9.17, 15) is 4.79 Å². The van der Waals surface area contributed by atoms with Crippen LogP contribution in [0.3, 0.4) is 0 Å². The minimum Gasteiger partial charge on any atom is -0.383 e. The molecule has 0 fully saturated rings. The number of pyridine rings is 1. The first-order valence-electron chi connectivity index (χ1n) is 5.17. The molecule has 0 unspecified atom stereocenters. The Kier molecular flexibility index (Phi) is 3.39. The van der Waals surface area contributed by atoms with Gasteiger partial charge in [-0.15, -0.1) is 11.3 Å². The van der Waals surface area contributed by atoms with Crippen molar-refractivity contribution in [3.8, 4) is 0 Å². The zero-order chi connectivity index (χ0) is 12.3. The summed E-state index contributed by atoms with van der Waals surface area (Å²) in [6.45, 7) is 0.588. The zero-order valence-corrected chi connectivity index (χ0v) is 10.3. The van der Waals surface area contributed by atoms with E-state index in [0.29, 0.717) is 12.1 Å². The molecular formula is C12H13N3OS. The number of hydrogen-bond donors (Lipinski definition) is 1. The van der Waals surface area contributed by atoms with Crippen LogP contribution < -0.4 is 5.73 Å². The lowest BCUT2D eigenvalue weighted by Gasteiger charge is -2.16. The average molecular weight is 247 g/mol. The van der Waals surface area contributed by atoms with Crippen LogP contribution >= 0.6 is 11.3 Å². The molecule has 0 aliphatic rings. The highest BCUT2D eigenvalue weighted by Crippen LogP contribution is 2.15.